The van der Waals surface area contributed by atoms with Crippen molar-refractivity contribution in [1.82, 2.24) is 14.3 Å². The van der Waals surface area contributed by atoms with Gasteiger partial charge in [-0.2, -0.15) is 0 Å². The van der Waals surface area contributed by atoms with Crippen LogP contribution >= 0.6 is 0 Å². The van der Waals surface area contributed by atoms with Gasteiger partial charge in [0.25, 0.3) is 0 Å². The van der Waals surface area contributed by atoms with E-state index < -0.39 is 11.9 Å². The molecule has 0 aliphatic carbocycles. The zero-order valence-electron chi connectivity index (χ0n) is 11.0. The molecule has 0 saturated heterocycles. The highest BCUT2D eigenvalue weighted by Crippen LogP contribution is 2.11. The molecule has 7 heteroatoms. The molecular weight excluding hydrogens is 262 g/mol. The first-order chi connectivity index (χ1) is 9.45. The summed E-state index contributed by atoms with van der Waals surface area (Å²) in [5.41, 5.74) is 2.43. The van der Waals surface area contributed by atoms with Gasteiger partial charge in [0.05, 0.1) is 18.8 Å². The lowest BCUT2D eigenvalue weighted by Crippen LogP contribution is -2.34. The van der Waals surface area contributed by atoms with Crippen LogP contribution in [0.25, 0.3) is 5.65 Å². The Bertz CT molecular complexity index is 634. The molecule has 2 aromatic rings. The molecular formula is C13H15N3O4. The molecule has 20 heavy (non-hydrogen) atoms. The molecule has 2 heterocycles. The predicted octanol–water partition coefficient (Wildman–Crippen LogP) is 0.614. The number of carbonyl (C=O) groups is 2. The predicted molar refractivity (Wildman–Crippen MR) is 70.5 cm³/mol. The van der Waals surface area contributed by atoms with Crippen LogP contribution in [0, 0.1) is 6.92 Å². The molecule has 0 spiro atoms. The number of aromatic nitrogens is 2. The first kappa shape index (κ1) is 14.0. The number of hydrogen-bond acceptors (Lipinski definition) is 4. The van der Waals surface area contributed by atoms with Crippen LogP contribution in [0.3, 0.4) is 0 Å². The van der Waals surface area contributed by atoms with Crippen molar-refractivity contribution in [2.45, 2.75) is 13.5 Å². The zero-order chi connectivity index (χ0) is 14.7. The van der Waals surface area contributed by atoms with Gasteiger partial charge in [-0.25, -0.2) is 4.98 Å². The maximum Gasteiger partial charge on any atom is 0.317 e. The summed E-state index contributed by atoms with van der Waals surface area (Å²) in [6.45, 7) is 1.44. The van der Waals surface area contributed by atoms with Crippen LogP contribution in [0.1, 0.15) is 11.3 Å². The monoisotopic (exact) mass is 277 g/mol. The molecule has 106 valence electrons. The molecule has 2 rings (SSSR count). The van der Waals surface area contributed by atoms with E-state index in [0.717, 1.165) is 11.2 Å². The van der Waals surface area contributed by atoms with Crippen LogP contribution < -0.4 is 0 Å². The number of rotatable bonds is 6. The number of fused-ring (bicyclic) bond motifs is 1. The Labute approximate surface area is 115 Å². The number of aliphatic carboxylic acids is 2. The molecule has 0 aliphatic rings. The minimum Gasteiger partial charge on any atom is -0.480 e. The van der Waals surface area contributed by atoms with Gasteiger partial charge in [0.15, 0.2) is 0 Å². The summed E-state index contributed by atoms with van der Waals surface area (Å²) in [6.07, 6.45) is 3.62. The van der Waals surface area contributed by atoms with Crippen LogP contribution in [0.15, 0.2) is 24.5 Å². The molecule has 0 fully saturated rings. The van der Waals surface area contributed by atoms with Crippen molar-refractivity contribution in [1.29, 1.82) is 0 Å². The third-order valence-electron chi connectivity index (χ3n) is 2.83. The highest BCUT2D eigenvalue weighted by Gasteiger charge is 2.15. The fourth-order valence-electron chi connectivity index (χ4n) is 2.06. The number of nitrogens with zero attached hydrogens (tertiary/aromatic N) is 3. The van der Waals surface area contributed by atoms with Crippen LogP contribution in [0.2, 0.25) is 0 Å². The summed E-state index contributed by atoms with van der Waals surface area (Å²) in [6, 6.07) is 3.82. The molecule has 2 N–H and O–H groups in total. The Morgan fingerprint density at radius 3 is 2.50 bits per heavy atom. The number of hydrogen-bond donors (Lipinski definition) is 2. The van der Waals surface area contributed by atoms with E-state index in [-0.39, 0.29) is 19.6 Å². The Kier molecular flexibility index (Phi) is 3.99. The van der Waals surface area contributed by atoms with Crippen molar-refractivity contribution in [2.75, 3.05) is 13.1 Å². The topological polar surface area (TPSA) is 95.1 Å². The maximum absolute atomic E-state index is 10.7. The van der Waals surface area contributed by atoms with Crippen molar-refractivity contribution in [3.63, 3.8) is 0 Å². The van der Waals surface area contributed by atoms with E-state index in [4.69, 9.17) is 10.2 Å². The minimum absolute atomic E-state index is 0.180. The Morgan fingerprint density at radius 1 is 1.30 bits per heavy atom. The fraction of sp³-hybridized carbons (Fsp3) is 0.308. The van der Waals surface area contributed by atoms with Gasteiger partial charge in [-0.3, -0.25) is 14.5 Å². The van der Waals surface area contributed by atoms with E-state index in [2.05, 4.69) is 4.98 Å². The maximum atomic E-state index is 10.7. The van der Waals surface area contributed by atoms with Crippen LogP contribution in [-0.4, -0.2) is 49.5 Å². The van der Waals surface area contributed by atoms with E-state index in [1.165, 1.54) is 4.90 Å². The normalized spacial score (nSPS) is 11.1. The van der Waals surface area contributed by atoms with Gasteiger partial charge in [0.2, 0.25) is 0 Å². The van der Waals surface area contributed by atoms with Gasteiger partial charge >= 0.3 is 11.9 Å². The lowest BCUT2D eigenvalue weighted by molar-refractivity contribution is -0.142. The van der Waals surface area contributed by atoms with Crippen molar-refractivity contribution in [2.24, 2.45) is 0 Å². The number of pyridine rings is 1. The van der Waals surface area contributed by atoms with E-state index in [1.807, 2.05) is 29.7 Å². The molecule has 0 amide bonds. The average molecular weight is 277 g/mol. The molecule has 7 nitrogen and oxygen atoms in total. The summed E-state index contributed by atoms with van der Waals surface area (Å²) in [5.74, 6) is -2.13. The Morgan fingerprint density at radius 2 is 1.95 bits per heavy atom. The Balaban J connectivity index is 2.21. The highest BCUT2D eigenvalue weighted by molar-refractivity contribution is 5.72. The van der Waals surface area contributed by atoms with Gasteiger partial charge in [0.1, 0.15) is 5.65 Å². The van der Waals surface area contributed by atoms with Gasteiger partial charge in [-0.1, -0.05) is 6.07 Å². The third-order valence-corrected chi connectivity index (χ3v) is 2.83. The molecule has 0 saturated carbocycles. The molecule has 0 radical (unpaired) electrons. The lowest BCUT2D eigenvalue weighted by Gasteiger charge is -2.15. The Hall–Kier alpha value is -2.41. The standard InChI is InChI=1S/C13H15N3O4/c1-9-3-2-4-16-6-10(14-13(9)16)5-15(7-11(17)18)8-12(19)20/h2-4,6H,5,7-8H2,1H3,(H,17,18)(H,19,20). The quantitative estimate of drug-likeness (QED) is 0.803. The van der Waals surface area contributed by atoms with Crippen LogP contribution in [-0.2, 0) is 16.1 Å². The smallest absolute Gasteiger partial charge is 0.317 e. The summed E-state index contributed by atoms with van der Waals surface area (Å²) in [4.78, 5) is 27.2. The zero-order valence-corrected chi connectivity index (χ0v) is 11.0. The second kappa shape index (κ2) is 5.70. The first-order valence-electron chi connectivity index (χ1n) is 6.05. The van der Waals surface area contributed by atoms with Gasteiger partial charge in [-0.15, -0.1) is 0 Å². The fourth-order valence-corrected chi connectivity index (χ4v) is 2.06. The summed E-state index contributed by atoms with van der Waals surface area (Å²) >= 11 is 0. The second-order valence-electron chi connectivity index (χ2n) is 4.59. The molecule has 2 aromatic heterocycles. The van der Waals surface area contributed by atoms with Crippen LogP contribution in [0.5, 0.6) is 0 Å². The summed E-state index contributed by atoms with van der Waals surface area (Å²) < 4.78 is 1.84. The summed E-state index contributed by atoms with van der Waals surface area (Å²) in [7, 11) is 0. The molecule has 0 aromatic carbocycles. The lowest BCUT2D eigenvalue weighted by atomic mass is 10.3. The number of carboxylic acids is 2. The second-order valence-corrected chi connectivity index (χ2v) is 4.59. The first-order valence-corrected chi connectivity index (χ1v) is 6.05. The van der Waals surface area contributed by atoms with Gasteiger partial charge < -0.3 is 14.6 Å². The van der Waals surface area contributed by atoms with Crippen molar-refractivity contribution in [3.8, 4) is 0 Å². The van der Waals surface area contributed by atoms with E-state index in [0.29, 0.717) is 5.69 Å². The van der Waals surface area contributed by atoms with E-state index >= 15 is 0 Å². The molecule has 0 bridgehead atoms. The van der Waals surface area contributed by atoms with Crippen LogP contribution in [0.4, 0.5) is 0 Å². The van der Waals surface area contributed by atoms with Crippen molar-refractivity contribution < 1.29 is 19.8 Å². The molecule has 0 aliphatic heterocycles. The van der Waals surface area contributed by atoms with E-state index in [1.54, 1.807) is 6.20 Å². The number of aryl methyl sites for hydroxylation is 1. The van der Waals surface area contributed by atoms with Crippen molar-refractivity contribution >= 4 is 17.6 Å². The molecule has 0 unspecified atom stereocenters. The minimum atomic E-state index is -1.06. The SMILES string of the molecule is Cc1cccn2cc(CN(CC(=O)O)CC(=O)O)nc12. The highest BCUT2D eigenvalue weighted by atomic mass is 16.4. The number of carboxylic acid groups (broad SMARTS) is 2. The van der Waals surface area contributed by atoms with Crippen molar-refractivity contribution in [3.05, 3.63) is 35.8 Å². The average Bonchev–Trinajstić information content (AvgIpc) is 2.71. The van der Waals surface area contributed by atoms with Gasteiger partial charge in [0, 0.05) is 18.9 Å². The summed E-state index contributed by atoms with van der Waals surface area (Å²) in [5, 5.41) is 17.6. The largest absolute Gasteiger partial charge is 0.480 e. The molecule has 0 atom stereocenters. The number of imidazole rings is 1. The van der Waals surface area contributed by atoms with Gasteiger partial charge in [-0.05, 0) is 18.6 Å². The third kappa shape index (κ3) is 3.33. The van der Waals surface area contributed by atoms with E-state index in [9.17, 15) is 9.59 Å².